The van der Waals surface area contributed by atoms with Crippen LogP contribution in [0.25, 0.3) is 0 Å². The lowest BCUT2D eigenvalue weighted by molar-refractivity contribution is -0.140. The van der Waals surface area contributed by atoms with E-state index in [2.05, 4.69) is 6.58 Å². The zero-order valence-corrected chi connectivity index (χ0v) is 20.6. The number of hydrogen-bond acceptors (Lipinski definition) is 4. The van der Waals surface area contributed by atoms with Gasteiger partial charge in [-0.25, -0.2) is 4.21 Å². The minimum atomic E-state index is -1.53. The van der Waals surface area contributed by atoms with Crippen LogP contribution in [0, 0.1) is 5.92 Å². The SMILES string of the molecule is C=CCOc1cc(Cl)c(Cl)cc1[C@H](CC(C)(C)S(N)=O)C1CCN(C(=O)[C@@H](C)O)CC1. The molecule has 3 atom stereocenters. The van der Waals surface area contributed by atoms with Crippen LogP contribution in [0.4, 0.5) is 0 Å². The van der Waals surface area contributed by atoms with Crippen molar-refractivity contribution >= 4 is 40.1 Å². The topological polar surface area (TPSA) is 92.9 Å². The summed E-state index contributed by atoms with van der Waals surface area (Å²) in [6, 6.07) is 3.52. The summed E-state index contributed by atoms with van der Waals surface area (Å²) in [4.78, 5) is 13.9. The van der Waals surface area contributed by atoms with Crippen LogP contribution in [0.2, 0.25) is 10.0 Å². The fourth-order valence-electron chi connectivity index (χ4n) is 4.04. The molecule has 1 aliphatic rings. The van der Waals surface area contributed by atoms with Crippen LogP contribution in [0.5, 0.6) is 5.75 Å². The molecule has 1 fully saturated rings. The Morgan fingerprint density at radius 1 is 1.39 bits per heavy atom. The molecule has 1 saturated heterocycles. The first-order chi connectivity index (χ1) is 14.5. The molecule has 1 unspecified atom stereocenters. The number of piperidine rings is 1. The number of nitrogens with two attached hydrogens (primary N) is 1. The average molecular weight is 491 g/mol. The fourth-order valence-corrected chi connectivity index (χ4v) is 4.71. The third-order valence-electron chi connectivity index (χ3n) is 5.84. The zero-order chi connectivity index (χ0) is 23.3. The van der Waals surface area contributed by atoms with Crippen LogP contribution in [-0.4, -0.2) is 50.7 Å². The van der Waals surface area contributed by atoms with Crippen LogP contribution < -0.4 is 9.88 Å². The lowest BCUT2D eigenvalue weighted by Crippen LogP contribution is -2.44. The van der Waals surface area contributed by atoms with Crippen LogP contribution in [0.15, 0.2) is 24.8 Å². The largest absolute Gasteiger partial charge is 0.489 e. The third kappa shape index (κ3) is 6.68. The first-order valence-corrected chi connectivity index (χ1v) is 12.3. The molecule has 0 radical (unpaired) electrons. The van der Waals surface area contributed by atoms with Gasteiger partial charge in [0, 0.05) is 19.2 Å². The van der Waals surface area contributed by atoms with Crippen molar-refractivity contribution in [1.29, 1.82) is 0 Å². The minimum Gasteiger partial charge on any atom is -0.489 e. The summed E-state index contributed by atoms with van der Waals surface area (Å²) in [7, 11) is -1.53. The van der Waals surface area contributed by atoms with Gasteiger partial charge in [-0.15, -0.1) is 0 Å². The van der Waals surface area contributed by atoms with Gasteiger partial charge in [0.05, 0.1) is 25.8 Å². The number of ether oxygens (including phenoxy) is 1. The minimum absolute atomic E-state index is 0.0547. The van der Waals surface area contributed by atoms with E-state index in [4.69, 9.17) is 33.1 Å². The monoisotopic (exact) mass is 490 g/mol. The third-order valence-corrected chi connectivity index (χ3v) is 7.82. The lowest BCUT2D eigenvalue weighted by atomic mass is 9.75. The van der Waals surface area contributed by atoms with Crippen molar-refractivity contribution in [1.82, 2.24) is 4.90 Å². The number of benzene rings is 1. The smallest absolute Gasteiger partial charge is 0.251 e. The number of aliphatic hydroxyl groups excluding tert-OH is 1. The van der Waals surface area contributed by atoms with E-state index >= 15 is 0 Å². The number of rotatable bonds is 9. The van der Waals surface area contributed by atoms with Crippen molar-refractivity contribution in [3.05, 3.63) is 40.4 Å². The second kappa shape index (κ2) is 11.1. The maximum atomic E-state index is 12.2. The van der Waals surface area contributed by atoms with Crippen molar-refractivity contribution in [3.8, 4) is 5.75 Å². The molecule has 174 valence electrons. The molecule has 0 aliphatic carbocycles. The molecule has 6 nitrogen and oxygen atoms in total. The van der Waals surface area contributed by atoms with Gasteiger partial charge in [-0.1, -0.05) is 35.9 Å². The quantitative estimate of drug-likeness (QED) is 0.510. The van der Waals surface area contributed by atoms with Gasteiger partial charge in [-0.05, 0) is 63.5 Å². The van der Waals surface area contributed by atoms with Crippen molar-refractivity contribution in [3.63, 3.8) is 0 Å². The Labute approximate surface area is 197 Å². The summed E-state index contributed by atoms with van der Waals surface area (Å²) in [6.45, 7) is 10.3. The molecular weight excluding hydrogens is 459 g/mol. The maximum Gasteiger partial charge on any atom is 0.251 e. The summed E-state index contributed by atoms with van der Waals surface area (Å²) in [5.41, 5.74) is 0.884. The Hall–Kier alpha value is -1.12. The number of carbonyl (C=O) groups is 1. The molecule has 1 aliphatic heterocycles. The van der Waals surface area contributed by atoms with E-state index in [1.807, 2.05) is 19.9 Å². The Bertz CT molecular complexity index is 824. The van der Waals surface area contributed by atoms with Gasteiger partial charge in [0.1, 0.15) is 18.5 Å². The normalized spacial score (nSPS) is 18.4. The van der Waals surface area contributed by atoms with Gasteiger partial charge in [0.25, 0.3) is 5.91 Å². The molecule has 0 spiro atoms. The summed E-state index contributed by atoms with van der Waals surface area (Å²) < 4.78 is 17.5. The predicted octanol–water partition coefficient (Wildman–Crippen LogP) is 4.05. The Morgan fingerprint density at radius 3 is 2.48 bits per heavy atom. The average Bonchev–Trinajstić information content (AvgIpc) is 2.72. The second-order valence-electron chi connectivity index (χ2n) is 8.61. The molecule has 0 aromatic heterocycles. The molecule has 1 heterocycles. The predicted molar refractivity (Wildman–Crippen MR) is 127 cm³/mol. The van der Waals surface area contributed by atoms with Crippen molar-refractivity contribution in [2.45, 2.75) is 56.8 Å². The van der Waals surface area contributed by atoms with Crippen LogP contribution in [-0.2, 0) is 15.8 Å². The molecule has 31 heavy (non-hydrogen) atoms. The van der Waals surface area contributed by atoms with E-state index in [1.165, 1.54) is 6.92 Å². The van der Waals surface area contributed by atoms with Crippen LogP contribution >= 0.6 is 23.2 Å². The molecule has 0 bridgehead atoms. The summed E-state index contributed by atoms with van der Waals surface area (Å²) in [5.74, 6) is 0.480. The first kappa shape index (κ1) is 26.1. The van der Waals surface area contributed by atoms with Gasteiger partial charge in [0.2, 0.25) is 0 Å². The van der Waals surface area contributed by atoms with E-state index in [0.717, 1.165) is 18.4 Å². The summed E-state index contributed by atoms with van der Waals surface area (Å²) in [6.07, 6.45) is 2.66. The lowest BCUT2D eigenvalue weighted by Gasteiger charge is -2.39. The van der Waals surface area contributed by atoms with E-state index in [1.54, 1.807) is 17.0 Å². The van der Waals surface area contributed by atoms with Gasteiger partial charge >= 0.3 is 0 Å². The highest BCUT2D eigenvalue weighted by atomic mass is 35.5. The van der Waals surface area contributed by atoms with E-state index in [9.17, 15) is 14.1 Å². The Morgan fingerprint density at radius 2 is 1.97 bits per heavy atom. The number of hydrogen-bond donors (Lipinski definition) is 2. The number of amides is 1. The highest BCUT2D eigenvalue weighted by Gasteiger charge is 2.37. The standard InChI is InChI=1S/C22H32Cl2N2O4S/c1-5-10-30-20-12-19(24)18(23)11-16(20)17(13-22(3,4)31(25)29)15-6-8-26(9-7-15)21(28)14(2)27/h5,11-12,14-15,17,27H,1,6-10,13,25H2,2-4H3/t14-,17-,31?/m1/s1. The van der Waals surface area contributed by atoms with Gasteiger partial charge in [-0.3, -0.25) is 9.93 Å². The Kier molecular flexibility index (Phi) is 9.40. The maximum absolute atomic E-state index is 12.2. The van der Waals surface area contributed by atoms with Crippen molar-refractivity contribution in [2.24, 2.45) is 11.1 Å². The number of aliphatic hydroxyl groups is 1. The van der Waals surface area contributed by atoms with Crippen molar-refractivity contribution in [2.75, 3.05) is 19.7 Å². The molecular formula is C22H32Cl2N2O4S. The number of likely N-dealkylation sites (tertiary alicyclic amines) is 1. The second-order valence-corrected chi connectivity index (χ2v) is 11.1. The van der Waals surface area contributed by atoms with Gasteiger partial charge in [-0.2, -0.15) is 0 Å². The van der Waals surface area contributed by atoms with Gasteiger partial charge < -0.3 is 14.7 Å². The number of halogens is 2. The van der Waals surface area contributed by atoms with Crippen LogP contribution in [0.3, 0.4) is 0 Å². The zero-order valence-electron chi connectivity index (χ0n) is 18.3. The van der Waals surface area contributed by atoms with Crippen LogP contribution in [0.1, 0.15) is 51.5 Å². The molecule has 3 N–H and O–H groups in total. The number of carbonyl (C=O) groups excluding carboxylic acids is 1. The Balaban J connectivity index is 2.41. The summed E-state index contributed by atoms with van der Waals surface area (Å²) in [5, 5.41) is 16.2. The van der Waals surface area contributed by atoms with E-state index < -0.39 is 21.8 Å². The summed E-state index contributed by atoms with van der Waals surface area (Å²) >= 11 is 12.6. The molecule has 1 aromatic carbocycles. The number of nitrogens with zero attached hydrogens (tertiary/aromatic N) is 1. The molecule has 0 saturated carbocycles. The van der Waals surface area contributed by atoms with Crippen molar-refractivity contribution < 1.29 is 18.8 Å². The first-order valence-electron chi connectivity index (χ1n) is 10.3. The highest BCUT2D eigenvalue weighted by molar-refractivity contribution is 7.84. The van der Waals surface area contributed by atoms with E-state index in [-0.39, 0.29) is 17.7 Å². The molecule has 1 aromatic rings. The molecule has 9 heteroatoms. The molecule has 2 rings (SSSR count). The van der Waals surface area contributed by atoms with E-state index in [0.29, 0.717) is 41.9 Å². The van der Waals surface area contributed by atoms with Gasteiger partial charge in [0.15, 0.2) is 0 Å². The highest BCUT2D eigenvalue weighted by Crippen LogP contribution is 2.45. The molecule has 1 amide bonds. The fraction of sp³-hybridized carbons (Fsp3) is 0.591.